The van der Waals surface area contributed by atoms with E-state index in [1.165, 1.54) is 5.56 Å². The molecule has 0 saturated heterocycles. The molecule has 118 valence electrons. The molecule has 1 aromatic carbocycles. The van der Waals surface area contributed by atoms with Crippen LogP contribution in [0.3, 0.4) is 0 Å². The number of carbonyl (C=O) groups is 1. The van der Waals surface area contributed by atoms with Crippen LogP contribution >= 0.6 is 0 Å². The number of hydrogen-bond acceptors (Lipinski definition) is 3. The van der Waals surface area contributed by atoms with Crippen molar-refractivity contribution in [1.82, 2.24) is 10.6 Å². The van der Waals surface area contributed by atoms with Gasteiger partial charge in [0.25, 0.3) is 0 Å². The van der Waals surface area contributed by atoms with Gasteiger partial charge in [-0.05, 0) is 30.4 Å². The summed E-state index contributed by atoms with van der Waals surface area (Å²) in [6.45, 7) is 9.15. The molecule has 0 aromatic heterocycles. The van der Waals surface area contributed by atoms with Crippen molar-refractivity contribution in [1.29, 1.82) is 0 Å². The van der Waals surface area contributed by atoms with Crippen molar-refractivity contribution in [3.8, 4) is 0 Å². The van der Waals surface area contributed by atoms with Crippen LogP contribution in [0.1, 0.15) is 37.8 Å². The van der Waals surface area contributed by atoms with Crippen molar-refractivity contribution in [3.63, 3.8) is 0 Å². The van der Waals surface area contributed by atoms with E-state index in [9.17, 15) is 4.79 Å². The van der Waals surface area contributed by atoms with Crippen molar-refractivity contribution < 1.29 is 4.79 Å². The van der Waals surface area contributed by atoms with Crippen molar-refractivity contribution in [2.24, 2.45) is 11.7 Å². The number of rotatable bonds is 9. The van der Waals surface area contributed by atoms with Crippen LogP contribution in [0.25, 0.3) is 0 Å². The van der Waals surface area contributed by atoms with E-state index in [1.807, 2.05) is 6.92 Å². The molecule has 0 radical (unpaired) electrons. The Morgan fingerprint density at radius 3 is 2.33 bits per heavy atom. The van der Waals surface area contributed by atoms with Crippen molar-refractivity contribution >= 4 is 5.91 Å². The van der Waals surface area contributed by atoms with Gasteiger partial charge in [-0.2, -0.15) is 0 Å². The maximum Gasteiger partial charge on any atom is 0.227 e. The van der Waals surface area contributed by atoms with Gasteiger partial charge in [-0.15, -0.1) is 0 Å². The van der Waals surface area contributed by atoms with Crippen LogP contribution in [-0.4, -0.2) is 32.1 Å². The van der Waals surface area contributed by atoms with E-state index in [1.54, 1.807) is 0 Å². The quantitative estimate of drug-likeness (QED) is 0.606. The second-order valence-corrected chi connectivity index (χ2v) is 5.89. The normalized spacial score (nSPS) is 12.4. The fraction of sp³-hybridized carbons (Fsp3) is 0.588. The molecule has 4 N–H and O–H groups in total. The summed E-state index contributed by atoms with van der Waals surface area (Å²) in [6.07, 6.45) is 1.08. The maximum absolute atomic E-state index is 12.1. The second kappa shape index (κ2) is 9.53. The van der Waals surface area contributed by atoms with E-state index in [0.717, 1.165) is 25.1 Å². The van der Waals surface area contributed by atoms with Gasteiger partial charge in [0.2, 0.25) is 5.91 Å². The third-order valence-corrected chi connectivity index (χ3v) is 3.44. The molecule has 1 aromatic rings. The molecule has 0 heterocycles. The number of carbonyl (C=O) groups excluding carboxylic acids is 1. The Labute approximate surface area is 128 Å². The molecule has 1 amide bonds. The predicted octanol–water partition coefficient (Wildman–Crippen LogP) is 1.65. The van der Waals surface area contributed by atoms with Gasteiger partial charge in [-0.25, -0.2) is 0 Å². The van der Waals surface area contributed by atoms with Gasteiger partial charge in [-0.3, -0.25) is 4.79 Å². The lowest BCUT2D eigenvalue weighted by Gasteiger charge is -2.14. The number of nitrogens with two attached hydrogens (primary N) is 1. The van der Waals surface area contributed by atoms with E-state index >= 15 is 0 Å². The van der Waals surface area contributed by atoms with E-state index in [0.29, 0.717) is 19.0 Å². The standard InChI is InChI=1S/C17H29N3O/c1-13(2)12-15-4-6-16(7-5-15)14(3)17(21)20-11-10-19-9-8-18/h4-7,13-14,19H,8-12,18H2,1-3H3,(H,20,21). The molecular weight excluding hydrogens is 262 g/mol. The van der Waals surface area contributed by atoms with Gasteiger partial charge in [0.05, 0.1) is 5.92 Å². The summed E-state index contributed by atoms with van der Waals surface area (Å²) >= 11 is 0. The van der Waals surface area contributed by atoms with Crippen molar-refractivity contribution in [2.45, 2.75) is 33.1 Å². The first kappa shape index (κ1) is 17.7. The molecule has 1 rings (SSSR count). The van der Waals surface area contributed by atoms with Gasteiger partial charge >= 0.3 is 0 Å². The van der Waals surface area contributed by atoms with Gasteiger partial charge < -0.3 is 16.4 Å². The molecule has 0 bridgehead atoms. The minimum atomic E-state index is -0.118. The molecule has 0 spiro atoms. The highest BCUT2D eigenvalue weighted by atomic mass is 16.1. The van der Waals surface area contributed by atoms with Crippen LogP contribution in [0, 0.1) is 5.92 Å². The first-order valence-corrected chi connectivity index (χ1v) is 7.82. The third-order valence-electron chi connectivity index (χ3n) is 3.44. The van der Waals surface area contributed by atoms with Crippen LogP contribution in [0.5, 0.6) is 0 Å². The summed E-state index contributed by atoms with van der Waals surface area (Å²) < 4.78 is 0. The summed E-state index contributed by atoms with van der Waals surface area (Å²) in [5.41, 5.74) is 7.78. The lowest BCUT2D eigenvalue weighted by molar-refractivity contribution is -0.122. The van der Waals surface area contributed by atoms with Crippen LogP contribution in [0.2, 0.25) is 0 Å². The fourth-order valence-electron chi connectivity index (χ4n) is 2.22. The summed E-state index contributed by atoms with van der Waals surface area (Å²) in [7, 11) is 0. The van der Waals surface area contributed by atoms with Crippen molar-refractivity contribution in [2.75, 3.05) is 26.2 Å². The summed E-state index contributed by atoms with van der Waals surface area (Å²) in [5, 5.41) is 6.10. The molecule has 1 atom stereocenters. The fourth-order valence-corrected chi connectivity index (χ4v) is 2.22. The smallest absolute Gasteiger partial charge is 0.227 e. The average molecular weight is 291 g/mol. The third kappa shape index (κ3) is 6.74. The number of benzene rings is 1. The Balaban J connectivity index is 2.42. The molecule has 4 nitrogen and oxygen atoms in total. The van der Waals surface area contributed by atoms with E-state index < -0.39 is 0 Å². The molecule has 0 aliphatic carbocycles. The first-order chi connectivity index (χ1) is 10.0. The van der Waals surface area contributed by atoms with Gasteiger partial charge in [0.15, 0.2) is 0 Å². The summed E-state index contributed by atoms with van der Waals surface area (Å²) in [6, 6.07) is 8.38. The molecule has 0 aliphatic rings. The number of amides is 1. The Morgan fingerprint density at radius 2 is 1.76 bits per heavy atom. The second-order valence-electron chi connectivity index (χ2n) is 5.89. The highest BCUT2D eigenvalue weighted by Gasteiger charge is 2.14. The topological polar surface area (TPSA) is 67.2 Å². The summed E-state index contributed by atoms with van der Waals surface area (Å²) in [4.78, 5) is 12.1. The van der Waals surface area contributed by atoms with E-state index in [4.69, 9.17) is 5.73 Å². The Hall–Kier alpha value is -1.39. The van der Waals surface area contributed by atoms with E-state index in [-0.39, 0.29) is 11.8 Å². The SMILES string of the molecule is CC(C)Cc1ccc(C(C)C(=O)NCCNCCN)cc1. The highest BCUT2D eigenvalue weighted by molar-refractivity contribution is 5.83. The van der Waals surface area contributed by atoms with Gasteiger partial charge in [0, 0.05) is 26.2 Å². The minimum absolute atomic E-state index is 0.0705. The van der Waals surface area contributed by atoms with Crippen LogP contribution in [-0.2, 0) is 11.2 Å². The molecule has 0 saturated carbocycles. The predicted molar refractivity (Wildman–Crippen MR) is 88.3 cm³/mol. The van der Waals surface area contributed by atoms with Crippen molar-refractivity contribution in [3.05, 3.63) is 35.4 Å². The zero-order chi connectivity index (χ0) is 15.7. The minimum Gasteiger partial charge on any atom is -0.354 e. The molecule has 0 aliphatic heterocycles. The zero-order valence-electron chi connectivity index (χ0n) is 13.5. The first-order valence-electron chi connectivity index (χ1n) is 7.82. The molecule has 21 heavy (non-hydrogen) atoms. The largest absolute Gasteiger partial charge is 0.354 e. The summed E-state index contributed by atoms with van der Waals surface area (Å²) in [5.74, 6) is 0.603. The average Bonchev–Trinajstić information content (AvgIpc) is 2.46. The molecular formula is C17H29N3O. The molecule has 0 fully saturated rings. The Kier molecular flexibility index (Phi) is 8.01. The van der Waals surface area contributed by atoms with Crippen LogP contribution in [0.15, 0.2) is 24.3 Å². The number of hydrogen-bond donors (Lipinski definition) is 3. The lowest BCUT2D eigenvalue weighted by Crippen LogP contribution is -2.35. The van der Waals surface area contributed by atoms with Gasteiger partial charge in [-0.1, -0.05) is 38.1 Å². The van der Waals surface area contributed by atoms with Crippen LogP contribution in [0.4, 0.5) is 0 Å². The maximum atomic E-state index is 12.1. The van der Waals surface area contributed by atoms with Crippen LogP contribution < -0.4 is 16.4 Å². The lowest BCUT2D eigenvalue weighted by atomic mass is 9.96. The number of nitrogens with one attached hydrogen (secondary N) is 2. The zero-order valence-corrected chi connectivity index (χ0v) is 13.5. The molecule has 1 unspecified atom stereocenters. The monoisotopic (exact) mass is 291 g/mol. The highest BCUT2D eigenvalue weighted by Crippen LogP contribution is 2.17. The van der Waals surface area contributed by atoms with E-state index in [2.05, 4.69) is 48.7 Å². The van der Waals surface area contributed by atoms with Gasteiger partial charge in [0.1, 0.15) is 0 Å². The Bertz CT molecular complexity index is 415. The Morgan fingerprint density at radius 1 is 1.10 bits per heavy atom. The molecule has 4 heteroatoms.